The highest BCUT2D eigenvalue weighted by Gasteiger charge is 2.30. The number of hydrogen-bond donors (Lipinski definition) is 2. The maximum absolute atomic E-state index is 12.7. The number of halogens is 1. The Morgan fingerprint density at radius 2 is 1.51 bits per heavy atom. The summed E-state index contributed by atoms with van der Waals surface area (Å²) in [6.07, 6.45) is 2.08. The summed E-state index contributed by atoms with van der Waals surface area (Å²) in [5.41, 5.74) is 3.04. The molecule has 0 saturated carbocycles. The van der Waals surface area contributed by atoms with E-state index in [4.69, 9.17) is 40.8 Å². The lowest BCUT2D eigenvalue weighted by Gasteiger charge is -2.39. The van der Waals surface area contributed by atoms with Crippen molar-refractivity contribution in [1.29, 1.82) is 0 Å². The van der Waals surface area contributed by atoms with E-state index in [1.807, 2.05) is 17.8 Å². The van der Waals surface area contributed by atoms with Crippen LogP contribution in [0.15, 0.2) is 76.5 Å². The summed E-state index contributed by atoms with van der Waals surface area (Å²) in [7, 11) is 4.57. The van der Waals surface area contributed by atoms with Crippen LogP contribution in [-0.2, 0) is 20.7 Å². The number of rotatable bonds is 10. The average Bonchev–Trinajstić information content (AvgIpc) is 3.23. The van der Waals surface area contributed by atoms with Crippen LogP contribution in [0.5, 0.6) is 17.2 Å². The fraction of sp³-hybridized carbons (Fsp3) is 0.324. The summed E-state index contributed by atoms with van der Waals surface area (Å²) in [5, 5.41) is 16.4. The van der Waals surface area contributed by atoms with Gasteiger partial charge >= 0.3 is 17.9 Å². The second-order valence-electron chi connectivity index (χ2n) is 10.5. The van der Waals surface area contributed by atoms with Crippen LogP contribution >= 0.6 is 23.4 Å². The van der Waals surface area contributed by atoms with Crippen molar-refractivity contribution >= 4 is 41.3 Å². The molecule has 11 nitrogen and oxygen atoms in total. The lowest BCUT2D eigenvalue weighted by molar-refractivity contribution is -0.134. The van der Waals surface area contributed by atoms with E-state index in [0.29, 0.717) is 48.1 Å². The normalized spacial score (nSPS) is 16.1. The maximum atomic E-state index is 12.7. The van der Waals surface area contributed by atoms with Crippen LogP contribution in [0.2, 0.25) is 5.02 Å². The third kappa shape index (κ3) is 9.64. The first-order valence-corrected chi connectivity index (χ1v) is 16.0. The number of carboxylic acids is 2. The van der Waals surface area contributed by atoms with Crippen LogP contribution < -0.4 is 14.2 Å². The largest absolute Gasteiger partial charge is 0.493 e. The van der Waals surface area contributed by atoms with Crippen molar-refractivity contribution in [2.24, 2.45) is 0 Å². The second-order valence-corrected chi connectivity index (χ2v) is 12.1. The van der Waals surface area contributed by atoms with E-state index in [-0.39, 0.29) is 6.04 Å². The molecule has 1 fully saturated rings. The SMILES string of the molecule is COc1cc(C(=O)OCCN2CCN(C3Cc4ccccc4Sc4ccc(Cl)cc43)CC2)cc(OC)c1OC.O=C(O)/C=C\C(=O)O. The summed E-state index contributed by atoms with van der Waals surface area (Å²) in [6, 6.07) is 18.4. The van der Waals surface area contributed by atoms with Gasteiger partial charge in [-0.25, -0.2) is 14.4 Å². The van der Waals surface area contributed by atoms with Gasteiger partial charge in [0.15, 0.2) is 11.5 Å². The smallest absolute Gasteiger partial charge is 0.338 e. The molecule has 13 heteroatoms. The lowest BCUT2D eigenvalue weighted by atomic mass is 9.96. The fourth-order valence-electron chi connectivity index (χ4n) is 5.40. The van der Waals surface area contributed by atoms with E-state index in [0.717, 1.165) is 37.6 Å². The number of esters is 1. The minimum absolute atomic E-state index is 0.273. The topological polar surface area (TPSA) is 135 Å². The zero-order valence-corrected chi connectivity index (χ0v) is 27.9. The van der Waals surface area contributed by atoms with Crippen molar-refractivity contribution < 1.29 is 43.5 Å². The first kappa shape index (κ1) is 35.6. The number of carboxylic acid groups (broad SMARTS) is 2. The van der Waals surface area contributed by atoms with Gasteiger partial charge in [-0.3, -0.25) is 9.80 Å². The van der Waals surface area contributed by atoms with Crippen molar-refractivity contribution in [3.63, 3.8) is 0 Å². The number of piperazine rings is 1. The maximum Gasteiger partial charge on any atom is 0.338 e. The van der Waals surface area contributed by atoms with Gasteiger partial charge in [-0.05, 0) is 53.9 Å². The molecular weight excluding hydrogens is 648 g/mol. The molecule has 47 heavy (non-hydrogen) atoms. The molecule has 2 N–H and O–H groups in total. The highest BCUT2D eigenvalue weighted by atomic mass is 35.5. The highest BCUT2D eigenvalue weighted by Crippen LogP contribution is 2.44. The lowest BCUT2D eigenvalue weighted by Crippen LogP contribution is -2.48. The van der Waals surface area contributed by atoms with E-state index in [2.05, 4.69) is 46.2 Å². The number of nitrogens with zero attached hydrogens (tertiary/aromatic N) is 2. The molecule has 1 saturated heterocycles. The molecule has 0 radical (unpaired) electrons. The minimum atomic E-state index is -1.26. The van der Waals surface area contributed by atoms with E-state index in [1.54, 1.807) is 12.1 Å². The Hall–Kier alpha value is -4.23. The molecule has 2 heterocycles. The monoisotopic (exact) mass is 684 g/mol. The van der Waals surface area contributed by atoms with E-state index in [1.165, 1.54) is 42.2 Å². The second kappa shape index (κ2) is 17.1. The van der Waals surface area contributed by atoms with Crippen molar-refractivity contribution in [2.45, 2.75) is 22.3 Å². The van der Waals surface area contributed by atoms with Crippen LogP contribution in [0, 0.1) is 0 Å². The van der Waals surface area contributed by atoms with E-state index >= 15 is 0 Å². The number of hydrogen-bond acceptors (Lipinski definition) is 10. The summed E-state index contributed by atoms with van der Waals surface area (Å²) < 4.78 is 21.6. The summed E-state index contributed by atoms with van der Waals surface area (Å²) in [4.78, 5) is 39.4. The van der Waals surface area contributed by atoms with E-state index < -0.39 is 17.9 Å². The van der Waals surface area contributed by atoms with Crippen LogP contribution in [-0.4, -0.2) is 98.6 Å². The number of fused-ring (bicyclic) bond motifs is 2. The molecule has 1 atom stereocenters. The predicted molar refractivity (Wildman–Crippen MR) is 177 cm³/mol. The molecule has 1 unspecified atom stereocenters. The van der Waals surface area contributed by atoms with Gasteiger partial charge in [0, 0.05) is 65.7 Å². The van der Waals surface area contributed by atoms with Crippen molar-refractivity contribution in [1.82, 2.24) is 9.80 Å². The standard InChI is InChI=1S/C30H33ClN2O5S.C4H4O4/c1-35-25-17-21(18-26(36-2)29(25)37-3)30(34)38-15-14-32-10-12-33(13-11-32)24-16-20-6-4-5-7-27(20)39-28-9-8-22(31)19-23(24)28;5-3(6)1-2-4(7)8/h4-9,17-19,24H,10-16H2,1-3H3;1-2H,(H,5,6)(H,7,8)/b;2-1-. The molecule has 5 rings (SSSR count). The number of methoxy groups -OCH3 is 3. The number of ether oxygens (including phenoxy) is 4. The van der Waals surface area contributed by atoms with Gasteiger partial charge in [0.25, 0.3) is 0 Å². The highest BCUT2D eigenvalue weighted by molar-refractivity contribution is 7.99. The van der Waals surface area contributed by atoms with Gasteiger partial charge in [0.05, 0.1) is 26.9 Å². The van der Waals surface area contributed by atoms with Gasteiger partial charge in [-0.15, -0.1) is 0 Å². The van der Waals surface area contributed by atoms with E-state index in [9.17, 15) is 14.4 Å². The van der Waals surface area contributed by atoms with Gasteiger partial charge in [0.2, 0.25) is 5.75 Å². The Labute approximate surface area is 282 Å². The van der Waals surface area contributed by atoms with Crippen molar-refractivity contribution in [3.8, 4) is 17.2 Å². The quantitative estimate of drug-likeness (QED) is 0.212. The Morgan fingerprint density at radius 1 is 0.872 bits per heavy atom. The van der Waals surface area contributed by atoms with Crippen LogP contribution in [0.25, 0.3) is 0 Å². The molecule has 0 bridgehead atoms. The fourth-order valence-corrected chi connectivity index (χ4v) is 6.69. The first-order chi connectivity index (χ1) is 22.6. The average molecular weight is 685 g/mol. The Kier molecular flexibility index (Phi) is 12.9. The Balaban J connectivity index is 0.000000555. The Morgan fingerprint density at radius 3 is 2.11 bits per heavy atom. The van der Waals surface area contributed by atoms with Gasteiger partial charge in [-0.2, -0.15) is 0 Å². The third-order valence-corrected chi connectivity index (χ3v) is 9.14. The van der Waals surface area contributed by atoms with Crippen LogP contribution in [0.4, 0.5) is 0 Å². The van der Waals surface area contributed by atoms with Crippen LogP contribution in [0.3, 0.4) is 0 Å². The molecule has 0 aromatic heterocycles. The first-order valence-electron chi connectivity index (χ1n) is 14.8. The van der Waals surface area contributed by atoms with Crippen LogP contribution in [0.1, 0.15) is 27.5 Å². The number of benzene rings is 3. The zero-order valence-electron chi connectivity index (χ0n) is 26.3. The van der Waals surface area contributed by atoms with Gasteiger partial charge < -0.3 is 29.2 Å². The zero-order chi connectivity index (χ0) is 33.9. The molecule has 2 aliphatic heterocycles. The summed E-state index contributed by atoms with van der Waals surface area (Å²) in [6.45, 7) is 4.66. The molecule has 0 amide bonds. The molecule has 250 valence electrons. The molecule has 2 aliphatic rings. The molecule has 3 aromatic carbocycles. The number of carbonyl (C=O) groups is 3. The Bertz CT molecular complexity index is 1570. The summed E-state index contributed by atoms with van der Waals surface area (Å²) in [5.74, 6) is -1.66. The van der Waals surface area contributed by atoms with Crippen molar-refractivity contribution in [3.05, 3.63) is 88.5 Å². The molecular formula is C34H37ClN2O9S. The summed E-state index contributed by atoms with van der Waals surface area (Å²) >= 11 is 8.28. The molecule has 3 aromatic rings. The minimum Gasteiger partial charge on any atom is -0.493 e. The number of carbonyl (C=O) groups excluding carboxylic acids is 1. The number of aliphatic carboxylic acids is 2. The van der Waals surface area contributed by atoms with Crippen molar-refractivity contribution in [2.75, 3.05) is 60.7 Å². The predicted octanol–water partition coefficient (Wildman–Crippen LogP) is 5.30. The van der Waals surface area contributed by atoms with Gasteiger partial charge in [-0.1, -0.05) is 41.6 Å². The third-order valence-electron chi connectivity index (χ3n) is 7.69. The molecule has 0 spiro atoms. The molecule has 0 aliphatic carbocycles. The van der Waals surface area contributed by atoms with Gasteiger partial charge in [0.1, 0.15) is 6.61 Å².